The maximum atomic E-state index is 10.5. The van der Waals surface area contributed by atoms with E-state index in [4.69, 9.17) is 10.9 Å². The smallest absolute Gasteiger partial charge is 0.328 e. The van der Waals surface area contributed by atoms with E-state index in [0.717, 1.165) is 12.8 Å². The highest BCUT2D eigenvalue weighted by Crippen LogP contribution is 2.20. The first-order valence-corrected chi connectivity index (χ1v) is 5.41. The molecular weight excluding hydrogens is 180 g/mol. The van der Waals surface area contributed by atoms with E-state index >= 15 is 0 Å². The normalized spacial score (nSPS) is 31.8. The number of hydrogen-bond donors (Lipinski definition) is 2. The minimum Gasteiger partial charge on any atom is -0.328 e. The largest absolute Gasteiger partial charge is 0.333 e. The highest BCUT2D eigenvalue weighted by Gasteiger charge is 2.22. The molecule has 1 fully saturated rings. The van der Waals surface area contributed by atoms with Crippen LogP contribution in [0.25, 0.3) is 0 Å². The molecule has 6 heteroatoms. The summed E-state index contributed by atoms with van der Waals surface area (Å²) in [6.07, 6.45) is 2.70. The molecule has 0 unspecified atom stereocenters. The van der Waals surface area contributed by atoms with Crippen LogP contribution >= 0.6 is 0 Å². The third-order valence-corrected chi connectivity index (χ3v) is 2.53. The highest BCUT2D eigenvalue weighted by molar-refractivity contribution is 7.84. The zero-order chi connectivity index (χ0) is 9.19. The zero-order valence-electron chi connectivity index (χ0n) is 6.77. The van der Waals surface area contributed by atoms with Crippen molar-refractivity contribution in [2.24, 2.45) is 10.9 Å². The van der Waals surface area contributed by atoms with Crippen molar-refractivity contribution in [3.63, 3.8) is 0 Å². The van der Waals surface area contributed by atoms with Crippen LogP contribution in [-0.2, 0) is 14.5 Å². The number of nitrogens with two attached hydrogens (primary N) is 2. The summed E-state index contributed by atoms with van der Waals surface area (Å²) in [5.41, 5.74) is 5.62. The van der Waals surface area contributed by atoms with Gasteiger partial charge in [-0.1, -0.05) is 0 Å². The van der Waals surface area contributed by atoms with Gasteiger partial charge in [-0.2, -0.15) is 8.42 Å². The van der Waals surface area contributed by atoms with Crippen molar-refractivity contribution in [2.45, 2.75) is 37.8 Å². The van der Waals surface area contributed by atoms with E-state index in [9.17, 15) is 8.42 Å². The highest BCUT2D eigenvalue weighted by atomic mass is 32.2. The molecule has 5 nitrogen and oxygen atoms in total. The van der Waals surface area contributed by atoms with Gasteiger partial charge in [-0.3, -0.25) is 4.18 Å². The van der Waals surface area contributed by atoms with Gasteiger partial charge in [-0.05, 0) is 25.7 Å². The molecule has 1 saturated carbocycles. The molecule has 0 aromatic rings. The minimum absolute atomic E-state index is 0.185. The van der Waals surface area contributed by atoms with Crippen LogP contribution in [0.5, 0.6) is 0 Å². The summed E-state index contributed by atoms with van der Waals surface area (Å²) < 4.78 is 25.6. The van der Waals surface area contributed by atoms with Gasteiger partial charge in [-0.15, -0.1) is 0 Å². The Morgan fingerprint density at radius 2 is 1.67 bits per heavy atom. The van der Waals surface area contributed by atoms with Crippen LogP contribution in [0.2, 0.25) is 0 Å². The fourth-order valence-electron chi connectivity index (χ4n) is 1.37. The number of hydrogen-bond acceptors (Lipinski definition) is 4. The van der Waals surface area contributed by atoms with E-state index in [1.807, 2.05) is 0 Å². The maximum absolute atomic E-state index is 10.5. The van der Waals surface area contributed by atoms with Crippen molar-refractivity contribution in [1.29, 1.82) is 0 Å². The summed E-state index contributed by atoms with van der Waals surface area (Å²) in [5.74, 6) is 0. The van der Waals surface area contributed by atoms with Gasteiger partial charge in [0.15, 0.2) is 0 Å². The summed E-state index contributed by atoms with van der Waals surface area (Å²) in [7, 11) is -3.78. The Morgan fingerprint density at radius 1 is 1.17 bits per heavy atom. The second kappa shape index (κ2) is 3.69. The molecule has 4 N–H and O–H groups in total. The Balaban J connectivity index is 2.36. The van der Waals surface area contributed by atoms with Crippen LogP contribution in [0.1, 0.15) is 25.7 Å². The zero-order valence-corrected chi connectivity index (χ0v) is 7.59. The molecular formula is C6H14N2O3S. The van der Waals surface area contributed by atoms with E-state index in [1.54, 1.807) is 0 Å². The fraction of sp³-hybridized carbons (Fsp3) is 1.00. The van der Waals surface area contributed by atoms with Crippen molar-refractivity contribution >= 4 is 10.3 Å². The lowest BCUT2D eigenvalue weighted by molar-refractivity contribution is 0.154. The predicted molar refractivity (Wildman–Crippen MR) is 44.4 cm³/mol. The second-order valence-electron chi connectivity index (χ2n) is 3.13. The molecule has 1 aliphatic rings. The quantitative estimate of drug-likeness (QED) is 0.618. The molecule has 1 aliphatic carbocycles. The third kappa shape index (κ3) is 3.48. The van der Waals surface area contributed by atoms with Gasteiger partial charge in [0.25, 0.3) is 0 Å². The lowest BCUT2D eigenvalue weighted by atomic mass is 9.94. The van der Waals surface area contributed by atoms with Gasteiger partial charge in [0.1, 0.15) is 0 Å². The Kier molecular flexibility index (Phi) is 3.05. The lowest BCUT2D eigenvalue weighted by Gasteiger charge is -2.24. The summed E-state index contributed by atoms with van der Waals surface area (Å²) >= 11 is 0. The standard InChI is InChI=1S/C6H14N2O3S/c7-5-1-3-6(4-2-5)11-12(8,9)10/h5-6H,1-4,7H2,(H2,8,9,10). The molecule has 0 atom stereocenters. The Hall–Kier alpha value is -0.170. The topological polar surface area (TPSA) is 95.4 Å². The second-order valence-corrected chi connectivity index (χ2v) is 4.30. The molecule has 0 aromatic heterocycles. The summed E-state index contributed by atoms with van der Waals surface area (Å²) in [4.78, 5) is 0. The molecule has 0 aromatic carbocycles. The van der Waals surface area contributed by atoms with E-state index in [-0.39, 0.29) is 12.1 Å². The average Bonchev–Trinajstić information content (AvgIpc) is 1.91. The Morgan fingerprint density at radius 3 is 2.08 bits per heavy atom. The number of rotatable bonds is 2. The van der Waals surface area contributed by atoms with Gasteiger partial charge in [0.05, 0.1) is 6.10 Å². The van der Waals surface area contributed by atoms with E-state index in [1.165, 1.54) is 0 Å². The van der Waals surface area contributed by atoms with E-state index in [2.05, 4.69) is 4.18 Å². The monoisotopic (exact) mass is 194 g/mol. The van der Waals surface area contributed by atoms with Crippen LogP contribution in [0.3, 0.4) is 0 Å². The molecule has 12 heavy (non-hydrogen) atoms. The van der Waals surface area contributed by atoms with Crippen LogP contribution < -0.4 is 10.9 Å². The van der Waals surface area contributed by atoms with Crippen molar-refractivity contribution < 1.29 is 12.6 Å². The predicted octanol–water partition coefficient (Wildman–Crippen LogP) is -0.524. The van der Waals surface area contributed by atoms with Gasteiger partial charge >= 0.3 is 10.3 Å². The molecule has 72 valence electrons. The van der Waals surface area contributed by atoms with Crippen molar-refractivity contribution in [3.8, 4) is 0 Å². The van der Waals surface area contributed by atoms with Crippen LogP contribution in [0.4, 0.5) is 0 Å². The van der Waals surface area contributed by atoms with Gasteiger partial charge < -0.3 is 5.73 Å². The molecule has 0 spiro atoms. The van der Waals surface area contributed by atoms with Crippen LogP contribution in [0, 0.1) is 0 Å². The third-order valence-electron chi connectivity index (χ3n) is 1.99. The lowest BCUT2D eigenvalue weighted by Crippen LogP contribution is -2.33. The molecule has 0 heterocycles. The first-order valence-electron chi connectivity index (χ1n) is 3.94. The van der Waals surface area contributed by atoms with E-state index < -0.39 is 10.3 Å². The Labute approximate surface area is 72.3 Å². The maximum Gasteiger partial charge on any atom is 0.333 e. The minimum atomic E-state index is -3.78. The average molecular weight is 194 g/mol. The van der Waals surface area contributed by atoms with Crippen LogP contribution in [-0.4, -0.2) is 20.6 Å². The van der Waals surface area contributed by atoms with Crippen molar-refractivity contribution in [2.75, 3.05) is 0 Å². The van der Waals surface area contributed by atoms with Gasteiger partial charge in [0.2, 0.25) is 0 Å². The molecule has 0 radical (unpaired) electrons. The van der Waals surface area contributed by atoms with Crippen molar-refractivity contribution in [3.05, 3.63) is 0 Å². The molecule has 1 rings (SSSR count). The van der Waals surface area contributed by atoms with E-state index in [0.29, 0.717) is 12.8 Å². The molecule has 0 aliphatic heterocycles. The first kappa shape index (κ1) is 9.91. The molecule has 0 saturated heterocycles. The van der Waals surface area contributed by atoms with Crippen LogP contribution in [0.15, 0.2) is 0 Å². The van der Waals surface area contributed by atoms with Gasteiger partial charge in [-0.25, -0.2) is 5.14 Å². The first-order chi connectivity index (χ1) is 5.47. The Bertz CT molecular complexity index is 231. The summed E-state index contributed by atoms with van der Waals surface area (Å²) in [5, 5.41) is 4.72. The SMILES string of the molecule is NC1CCC(OS(N)(=O)=O)CC1. The van der Waals surface area contributed by atoms with Crippen molar-refractivity contribution in [1.82, 2.24) is 0 Å². The van der Waals surface area contributed by atoms with Gasteiger partial charge in [0, 0.05) is 6.04 Å². The summed E-state index contributed by atoms with van der Waals surface area (Å²) in [6.45, 7) is 0. The molecule has 0 amide bonds. The fourth-order valence-corrected chi connectivity index (χ4v) is 1.95. The molecule has 0 bridgehead atoms. The summed E-state index contributed by atoms with van der Waals surface area (Å²) in [6, 6.07) is 0.185.